The van der Waals surface area contributed by atoms with Crippen molar-refractivity contribution >= 4 is 5.91 Å². The molecule has 1 amide bonds. The van der Waals surface area contributed by atoms with Crippen LogP contribution in [0.1, 0.15) is 36.0 Å². The fourth-order valence-electron chi connectivity index (χ4n) is 3.76. The number of likely N-dealkylation sites (tertiary alicyclic amines) is 1. The Labute approximate surface area is 176 Å². The van der Waals surface area contributed by atoms with E-state index in [0.29, 0.717) is 23.9 Å². The molecule has 1 atom stereocenters. The normalized spacial score (nSPS) is 16.3. The number of ether oxygens (including phenoxy) is 2. The first kappa shape index (κ1) is 20.0. The third kappa shape index (κ3) is 4.82. The van der Waals surface area contributed by atoms with E-state index in [0.717, 1.165) is 31.6 Å². The molecule has 0 N–H and O–H groups in total. The van der Waals surface area contributed by atoms with Crippen molar-refractivity contribution in [3.63, 3.8) is 0 Å². The van der Waals surface area contributed by atoms with Gasteiger partial charge in [-0.05, 0) is 30.5 Å². The number of carbonyl (C=O) groups excluding carboxylic acids is 1. The highest BCUT2D eigenvalue weighted by Crippen LogP contribution is 2.28. The van der Waals surface area contributed by atoms with Crippen LogP contribution in [-0.4, -0.2) is 42.6 Å². The van der Waals surface area contributed by atoms with Gasteiger partial charge in [0.2, 0.25) is 0 Å². The van der Waals surface area contributed by atoms with Gasteiger partial charge < -0.3 is 18.8 Å². The van der Waals surface area contributed by atoms with Gasteiger partial charge in [-0.15, -0.1) is 0 Å². The zero-order valence-electron chi connectivity index (χ0n) is 17.1. The molecule has 1 fully saturated rings. The van der Waals surface area contributed by atoms with Gasteiger partial charge in [0.1, 0.15) is 5.76 Å². The van der Waals surface area contributed by atoms with Gasteiger partial charge in [-0.25, -0.2) is 4.98 Å². The summed E-state index contributed by atoms with van der Waals surface area (Å²) in [4.78, 5) is 19.0. The van der Waals surface area contributed by atoms with Gasteiger partial charge in [-0.2, -0.15) is 0 Å². The lowest BCUT2D eigenvalue weighted by Crippen LogP contribution is -2.41. The van der Waals surface area contributed by atoms with E-state index in [4.69, 9.17) is 13.9 Å². The van der Waals surface area contributed by atoms with E-state index in [1.165, 1.54) is 5.56 Å². The maximum absolute atomic E-state index is 12.7. The molecule has 6 nitrogen and oxygen atoms in total. The summed E-state index contributed by atoms with van der Waals surface area (Å²) in [6, 6.07) is 17.5. The zero-order valence-corrected chi connectivity index (χ0v) is 17.1. The Morgan fingerprint density at radius 2 is 1.90 bits per heavy atom. The van der Waals surface area contributed by atoms with Crippen LogP contribution in [0.3, 0.4) is 0 Å². The Bertz CT molecular complexity index is 970. The monoisotopic (exact) mass is 406 g/mol. The Morgan fingerprint density at radius 1 is 1.13 bits per heavy atom. The maximum Gasteiger partial charge on any atom is 0.260 e. The highest BCUT2D eigenvalue weighted by Gasteiger charge is 2.28. The van der Waals surface area contributed by atoms with E-state index in [2.05, 4.69) is 17.1 Å². The average molecular weight is 406 g/mol. The molecule has 1 unspecified atom stereocenters. The molecule has 0 bridgehead atoms. The third-order valence-electron chi connectivity index (χ3n) is 5.34. The highest BCUT2D eigenvalue weighted by atomic mass is 16.5. The SMILES string of the molecule is COc1ccccc1OCC(=O)N1CCCC(c2ncc(Cc3ccccc3)o2)C1. The number of para-hydroxylation sites is 2. The Balaban J connectivity index is 1.34. The molecule has 156 valence electrons. The lowest BCUT2D eigenvalue weighted by atomic mass is 9.98. The van der Waals surface area contributed by atoms with Crippen LogP contribution in [0.15, 0.2) is 65.2 Å². The summed E-state index contributed by atoms with van der Waals surface area (Å²) >= 11 is 0. The van der Waals surface area contributed by atoms with Crippen molar-refractivity contribution in [3.05, 3.63) is 78.0 Å². The first-order valence-electron chi connectivity index (χ1n) is 10.2. The number of carbonyl (C=O) groups is 1. The van der Waals surface area contributed by atoms with Crippen molar-refractivity contribution < 1.29 is 18.7 Å². The summed E-state index contributed by atoms with van der Waals surface area (Å²) in [7, 11) is 1.58. The Hall–Kier alpha value is -3.28. The van der Waals surface area contributed by atoms with Gasteiger partial charge in [-0.1, -0.05) is 42.5 Å². The first-order valence-corrected chi connectivity index (χ1v) is 10.2. The molecule has 4 rings (SSSR count). The number of oxazole rings is 1. The van der Waals surface area contributed by atoms with Crippen LogP contribution in [0.4, 0.5) is 0 Å². The standard InChI is InChI=1S/C24H26N2O4/c1-28-21-11-5-6-12-22(21)29-17-23(27)26-13-7-10-19(16-26)24-25-15-20(30-24)14-18-8-3-2-4-9-18/h2-6,8-9,11-12,15,19H,7,10,13-14,16-17H2,1H3. The second-order valence-corrected chi connectivity index (χ2v) is 7.45. The lowest BCUT2D eigenvalue weighted by Gasteiger charge is -2.31. The summed E-state index contributed by atoms with van der Waals surface area (Å²) in [6.07, 6.45) is 4.40. The number of hydrogen-bond donors (Lipinski definition) is 0. The number of piperidine rings is 1. The van der Waals surface area contributed by atoms with Gasteiger partial charge in [0.15, 0.2) is 24.0 Å². The smallest absolute Gasteiger partial charge is 0.260 e. The Kier molecular flexibility index (Phi) is 6.32. The van der Waals surface area contributed by atoms with E-state index in [1.807, 2.05) is 41.3 Å². The summed E-state index contributed by atoms with van der Waals surface area (Å²) < 4.78 is 17.0. The molecule has 0 aliphatic carbocycles. The first-order chi connectivity index (χ1) is 14.7. The van der Waals surface area contributed by atoms with Crippen LogP contribution in [0.5, 0.6) is 11.5 Å². The van der Waals surface area contributed by atoms with Gasteiger partial charge >= 0.3 is 0 Å². The molecule has 30 heavy (non-hydrogen) atoms. The van der Waals surface area contributed by atoms with Crippen LogP contribution in [0.2, 0.25) is 0 Å². The second kappa shape index (κ2) is 9.48. The van der Waals surface area contributed by atoms with Crippen molar-refractivity contribution in [1.82, 2.24) is 9.88 Å². The molecular weight excluding hydrogens is 380 g/mol. The van der Waals surface area contributed by atoms with Crippen molar-refractivity contribution in [2.75, 3.05) is 26.8 Å². The largest absolute Gasteiger partial charge is 0.493 e. The van der Waals surface area contributed by atoms with Crippen molar-refractivity contribution in [3.8, 4) is 11.5 Å². The minimum atomic E-state index is -0.0401. The van der Waals surface area contributed by atoms with Crippen LogP contribution < -0.4 is 9.47 Å². The molecule has 1 aromatic heterocycles. The molecule has 3 aromatic rings. The molecule has 2 heterocycles. The maximum atomic E-state index is 12.7. The number of amides is 1. The van der Waals surface area contributed by atoms with Gasteiger partial charge in [0.05, 0.1) is 19.2 Å². The molecule has 0 radical (unpaired) electrons. The van der Waals surface area contributed by atoms with E-state index in [9.17, 15) is 4.79 Å². The van der Waals surface area contributed by atoms with Crippen molar-refractivity contribution in [2.45, 2.75) is 25.2 Å². The minimum Gasteiger partial charge on any atom is -0.493 e. The fourth-order valence-corrected chi connectivity index (χ4v) is 3.76. The molecule has 1 saturated heterocycles. The summed E-state index contributed by atoms with van der Waals surface area (Å²) in [6.45, 7) is 1.31. The number of methoxy groups -OCH3 is 1. The predicted octanol–water partition coefficient (Wildman–Crippen LogP) is 4.06. The van der Waals surface area contributed by atoms with Crippen LogP contribution in [0, 0.1) is 0 Å². The molecule has 1 aliphatic heterocycles. The van der Waals surface area contributed by atoms with Crippen molar-refractivity contribution in [2.24, 2.45) is 0 Å². The van der Waals surface area contributed by atoms with Gasteiger partial charge in [-0.3, -0.25) is 4.79 Å². The summed E-state index contributed by atoms with van der Waals surface area (Å²) in [5, 5.41) is 0. The second-order valence-electron chi connectivity index (χ2n) is 7.45. The molecular formula is C24H26N2O4. The quantitative estimate of drug-likeness (QED) is 0.592. The molecule has 0 spiro atoms. The predicted molar refractivity (Wildman–Crippen MR) is 113 cm³/mol. The Morgan fingerprint density at radius 3 is 2.70 bits per heavy atom. The molecule has 1 aliphatic rings. The van der Waals surface area contributed by atoms with Crippen LogP contribution in [0.25, 0.3) is 0 Å². The lowest BCUT2D eigenvalue weighted by molar-refractivity contribution is -0.134. The number of nitrogens with zero attached hydrogens (tertiary/aromatic N) is 2. The summed E-state index contributed by atoms with van der Waals surface area (Å²) in [5.41, 5.74) is 1.19. The number of rotatable bonds is 7. The zero-order chi connectivity index (χ0) is 20.8. The van der Waals surface area contributed by atoms with Crippen molar-refractivity contribution in [1.29, 1.82) is 0 Å². The molecule has 0 saturated carbocycles. The topological polar surface area (TPSA) is 64.8 Å². The highest BCUT2D eigenvalue weighted by molar-refractivity contribution is 5.78. The van der Waals surface area contributed by atoms with E-state index in [-0.39, 0.29) is 18.4 Å². The molecule has 6 heteroatoms. The number of hydrogen-bond acceptors (Lipinski definition) is 5. The summed E-state index contributed by atoms with van der Waals surface area (Å²) in [5.74, 6) is 2.82. The van der Waals surface area contributed by atoms with E-state index < -0.39 is 0 Å². The third-order valence-corrected chi connectivity index (χ3v) is 5.34. The minimum absolute atomic E-state index is 0.0159. The van der Waals surface area contributed by atoms with E-state index in [1.54, 1.807) is 19.4 Å². The van der Waals surface area contributed by atoms with Gasteiger partial charge in [0.25, 0.3) is 5.91 Å². The van der Waals surface area contributed by atoms with E-state index >= 15 is 0 Å². The fraction of sp³-hybridized carbons (Fsp3) is 0.333. The van der Waals surface area contributed by atoms with Gasteiger partial charge in [0, 0.05) is 19.5 Å². The number of aromatic nitrogens is 1. The van der Waals surface area contributed by atoms with Crippen LogP contribution >= 0.6 is 0 Å². The van der Waals surface area contributed by atoms with Crippen LogP contribution in [-0.2, 0) is 11.2 Å². The molecule has 2 aromatic carbocycles. The number of benzene rings is 2. The average Bonchev–Trinajstić information content (AvgIpc) is 3.27.